The van der Waals surface area contributed by atoms with E-state index >= 15 is 0 Å². The molecule has 16 N–H and O–H groups in total. The van der Waals surface area contributed by atoms with E-state index in [0.29, 0.717) is 12.8 Å². The molecule has 2 rings (SSSR count). The predicted molar refractivity (Wildman–Crippen MR) is 227 cm³/mol. The Kier molecular flexibility index (Phi) is 22.5. The maximum absolute atomic E-state index is 14.1. The van der Waals surface area contributed by atoms with Crippen LogP contribution in [0.5, 0.6) is 0 Å². The van der Waals surface area contributed by atoms with Gasteiger partial charge in [-0.2, -0.15) is 0 Å². The SMILES string of the molecule is CC(C)CC(NC(=O)C(N)C(C)O)C(=O)N1CCCC1C(=O)N1CCCC1C(=O)NC(CO)C(=O)NC(CCCN=C(N)N)C(=O)NC(CCC(=O)O)C(=O)NC(CCC(=O)O)C(=O)O. The molecule has 366 valence electrons. The second kappa shape index (κ2) is 26.6. The number of guanidine groups is 1. The number of aliphatic imine (C=N–C) groups is 1. The average molecular weight is 928 g/mol. The summed E-state index contributed by atoms with van der Waals surface area (Å²) in [6, 6.07) is -11.2. The zero-order chi connectivity index (χ0) is 49.1. The van der Waals surface area contributed by atoms with Crippen LogP contribution in [0.2, 0.25) is 0 Å². The van der Waals surface area contributed by atoms with Crippen LogP contribution in [0.4, 0.5) is 0 Å². The maximum Gasteiger partial charge on any atom is 0.326 e. The van der Waals surface area contributed by atoms with Crippen LogP contribution < -0.4 is 43.8 Å². The van der Waals surface area contributed by atoms with E-state index < -0.39 is 146 Å². The average Bonchev–Trinajstić information content (AvgIpc) is 3.93. The number of carboxylic acids is 3. The molecule has 2 aliphatic rings. The summed E-state index contributed by atoms with van der Waals surface area (Å²) in [4.78, 5) is 136. The molecule has 0 aromatic carbocycles. The normalized spacial score (nSPS) is 19.1. The summed E-state index contributed by atoms with van der Waals surface area (Å²) in [6.07, 6.45) is -2.39. The lowest BCUT2D eigenvalue weighted by Gasteiger charge is -2.34. The van der Waals surface area contributed by atoms with Crippen molar-refractivity contribution in [3.05, 3.63) is 0 Å². The summed E-state index contributed by atoms with van der Waals surface area (Å²) < 4.78 is 0. The van der Waals surface area contributed by atoms with Crippen molar-refractivity contribution in [3.8, 4) is 0 Å². The van der Waals surface area contributed by atoms with E-state index in [4.69, 9.17) is 22.3 Å². The lowest BCUT2D eigenvalue weighted by molar-refractivity contribution is -0.148. The number of hydrogen-bond donors (Lipinski definition) is 13. The minimum atomic E-state index is -1.72. The van der Waals surface area contributed by atoms with Crippen molar-refractivity contribution >= 4 is 65.2 Å². The fourth-order valence-corrected chi connectivity index (χ4v) is 7.27. The van der Waals surface area contributed by atoms with Gasteiger partial charge in [-0.15, -0.1) is 0 Å². The Morgan fingerprint density at radius 3 is 1.66 bits per heavy atom. The van der Waals surface area contributed by atoms with E-state index in [1.54, 1.807) is 0 Å². The van der Waals surface area contributed by atoms with E-state index in [1.807, 2.05) is 13.8 Å². The third-order valence-corrected chi connectivity index (χ3v) is 10.7. The number of nitrogens with zero attached hydrogens (tertiary/aromatic N) is 3. The van der Waals surface area contributed by atoms with Gasteiger partial charge in [-0.3, -0.25) is 48.1 Å². The molecule has 0 aromatic rings. The van der Waals surface area contributed by atoms with Gasteiger partial charge >= 0.3 is 17.9 Å². The predicted octanol–water partition coefficient (Wildman–Crippen LogP) is -4.99. The van der Waals surface area contributed by atoms with Gasteiger partial charge in [0.25, 0.3) is 0 Å². The Morgan fingerprint density at radius 2 is 1.15 bits per heavy atom. The molecule has 0 radical (unpaired) electrons. The number of nitrogens with one attached hydrogen (secondary N) is 5. The van der Waals surface area contributed by atoms with E-state index in [-0.39, 0.29) is 63.6 Å². The van der Waals surface area contributed by atoms with Gasteiger partial charge in [0.05, 0.1) is 12.7 Å². The Hall–Kier alpha value is -6.15. The summed E-state index contributed by atoms with van der Waals surface area (Å²) in [5, 5.41) is 59.6. The van der Waals surface area contributed by atoms with E-state index in [0.717, 1.165) is 0 Å². The van der Waals surface area contributed by atoms with E-state index in [2.05, 4.69) is 31.6 Å². The Bertz CT molecular complexity index is 1760. The van der Waals surface area contributed by atoms with Gasteiger partial charge in [0.2, 0.25) is 41.4 Å². The molecule has 65 heavy (non-hydrogen) atoms. The van der Waals surface area contributed by atoms with Crippen molar-refractivity contribution < 1.29 is 73.5 Å². The van der Waals surface area contributed by atoms with Crippen LogP contribution in [0.25, 0.3) is 0 Å². The van der Waals surface area contributed by atoms with Crippen molar-refractivity contribution in [1.29, 1.82) is 0 Å². The van der Waals surface area contributed by atoms with Gasteiger partial charge in [0.15, 0.2) is 5.96 Å². The smallest absolute Gasteiger partial charge is 0.326 e. The second-order valence-corrected chi connectivity index (χ2v) is 16.4. The minimum absolute atomic E-state index is 0.0362. The fourth-order valence-electron chi connectivity index (χ4n) is 7.27. The van der Waals surface area contributed by atoms with Crippen LogP contribution in [-0.2, 0) is 47.9 Å². The molecule has 0 aliphatic carbocycles. The Balaban J connectivity index is 2.28. The van der Waals surface area contributed by atoms with E-state index in [1.165, 1.54) is 16.7 Å². The number of aliphatic carboxylic acids is 3. The fraction of sp³-hybridized carbons (Fsp3) is 0.718. The highest BCUT2D eigenvalue weighted by Crippen LogP contribution is 2.26. The van der Waals surface area contributed by atoms with Crippen LogP contribution in [0, 0.1) is 5.92 Å². The topological polar surface area (TPSA) is 429 Å². The van der Waals surface area contributed by atoms with Crippen LogP contribution in [0.1, 0.15) is 91.4 Å². The van der Waals surface area contributed by atoms with Crippen molar-refractivity contribution in [3.63, 3.8) is 0 Å². The summed E-state index contributed by atoms with van der Waals surface area (Å²) in [7, 11) is 0. The number of likely N-dealkylation sites (tertiary alicyclic amines) is 2. The highest BCUT2D eigenvalue weighted by Gasteiger charge is 2.44. The molecule has 0 saturated carbocycles. The standard InChI is InChI=1S/C39H65N11O15/c1-19(2)17-24(47-35(61)30(40)20(3)52)36(62)50-16-6-9-27(50)37(63)49-15-5-8-26(49)34(60)48-25(18-51)33(59)44-21(7-4-14-43-39(41)42)31(57)45-22(10-12-28(53)54)32(58)46-23(38(64)65)11-13-29(55)56/h19-27,30,51-52H,4-18,40H2,1-3H3,(H,44,59)(H,45,57)(H,46,58)(H,47,61)(H,48,60)(H,53,54)(H,55,56)(H,64,65)(H4,41,42,43). The molecule has 2 fully saturated rings. The van der Waals surface area contributed by atoms with Crippen LogP contribution in [0.3, 0.4) is 0 Å². The molecule has 2 saturated heterocycles. The minimum Gasteiger partial charge on any atom is -0.481 e. The van der Waals surface area contributed by atoms with Crippen molar-refractivity contribution in [2.75, 3.05) is 26.2 Å². The van der Waals surface area contributed by atoms with Crippen LogP contribution >= 0.6 is 0 Å². The summed E-state index contributed by atoms with van der Waals surface area (Å²) >= 11 is 0. The van der Waals surface area contributed by atoms with Crippen molar-refractivity contribution in [2.24, 2.45) is 28.1 Å². The van der Waals surface area contributed by atoms with Gasteiger partial charge < -0.3 is 79.1 Å². The number of carbonyl (C=O) groups excluding carboxylic acids is 7. The Morgan fingerprint density at radius 1 is 0.662 bits per heavy atom. The number of hydrogen-bond acceptors (Lipinski definition) is 14. The van der Waals surface area contributed by atoms with Gasteiger partial charge in [0, 0.05) is 32.5 Å². The van der Waals surface area contributed by atoms with Crippen molar-refractivity contribution in [1.82, 2.24) is 36.4 Å². The maximum atomic E-state index is 14.1. The van der Waals surface area contributed by atoms with Gasteiger partial charge in [0.1, 0.15) is 48.3 Å². The lowest BCUT2D eigenvalue weighted by atomic mass is 10.0. The number of aliphatic hydroxyl groups is 2. The van der Waals surface area contributed by atoms with Crippen LogP contribution in [-0.4, -0.2) is 181 Å². The van der Waals surface area contributed by atoms with E-state index in [9.17, 15) is 68.4 Å². The number of rotatable bonds is 27. The third kappa shape index (κ3) is 17.7. The number of carboxylic acid groups (broad SMARTS) is 3. The molecule has 9 atom stereocenters. The molecule has 7 amide bonds. The van der Waals surface area contributed by atoms with Gasteiger partial charge in [-0.25, -0.2) is 4.79 Å². The van der Waals surface area contributed by atoms with Crippen molar-refractivity contribution in [2.45, 2.75) is 146 Å². The number of amides is 7. The van der Waals surface area contributed by atoms with Crippen LogP contribution in [0.15, 0.2) is 4.99 Å². The number of nitrogens with two attached hydrogens (primary N) is 3. The molecular formula is C39H65N11O15. The monoisotopic (exact) mass is 927 g/mol. The first kappa shape index (κ1) is 55.0. The zero-order valence-corrected chi connectivity index (χ0v) is 36.8. The highest BCUT2D eigenvalue weighted by atomic mass is 16.4. The third-order valence-electron chi connectivity index (χ3n) is 10.7. The largest absolute Gasteiger partial charge is 0.481 e. The molecule has 0 spiro atoms. The first-order chi connectivity index (χ1) is 30.5. The van der Waals surface area contributed by atoms with Gasteiger partial charge in [-0.1, -0.05) is 13.8 Å². The number of aliphatic hydroxyl groups excluding tert-OH is 2. The molecule has 26 heteroatoms. The Labute approximate surface area is 374 Å². The zero-order valence-electron chi connectivity index (χ0n) is 36.8. The quantitative estimate of drug-likeness (QED) is 0.0208. The highest BCUT2D eigenvalue weighted by molar-refractivity contribution is 5.98. The molecule has 2 heterocycles. The summed E-state index contributed by atoms with van der Waals surface area (Å²) in [6.45, 7) is 4.25. The number of carbonyl (C=O) groups is 10. The molecule has 9 unspecified atom stereocenters. The molecule has 0 bridgehead atoms. The summed E-state index contributed by atoms with van der Waals surface area (Å²) in [5.41, 5.74) is 16.6. The molecule has 26 nitrogen and oxygen atoms in total. The molecule has 0 aromatic heterocycles. The summed E-state index contributed by atoms with van der Waals surface area (Å²) in [5.74, 6) is -10.7. The second-order valence-electron chi connectivity index (χ2n) is 16.4. The molecule has 2 aliphatic heterocycles. The van der Waals surface area contributed by atoms with Gasteiger partial charge in [-0.05, 0) is 70.6 Å². The lowest BCUT2D eigenvalue weighted by Crippen LogP contribution is -2.60. The molecular weight excluding hydrogens is 862 g/mol. The first-order valence-corrected chi connectivity index (χ1v) is 21.4. The first-order valence-electron chi connectivity index (χ1n) is 21.4.